The molecule has 2 fully saturated rings. The van der Waals surface area contributed by atoms with Gasteiger partial charge in [-0.15, -0.1) is 0 Å². The first-order chi connectivity index (χ1) is 8.13. The lowest BCUT2D eigenvalue weighted by molar-refractivity contribution is -0.155. The highest BCUT2D eigenvalue weighted by Gasteiger charge is 2.37. The normalized spacial score (nSPS) is 38.4. The Morgan fingerprint density at radius 2 is 2.18 bits per heavy atom. The van der Waals surface area contributed by atoms with Gasteiger partial charge in [0.05, 0.1) is 24.9 Å². The molecule has 0 saturated carbocycles. The largest absolute Gasteiger partial charge is 0.375 e. The van der Waals surface area contributed by atoms with Crippen molar-refractivity contribution in [3.05, 3.63) is 0 Å². The molecule has 98 valence electrons. The third-order valence-electron chi connectivity index (χ3n) is 3.81. The van der Waals surface area contributed by atoms with Crippen molar-refractivity contribution in [1.82, 2.24) is 4.90 Å². The van der Waals surface area contributed by atoms with Crippen LogP contribution in [-0.2, 0) is 14.3 Å². The van der Waals surface area contributed by atoms with Crippen molar-refractivity contribution >= 4 is 5.91 Å². The lowest BCUT2D eigenvalue weighted by Gasteiger charge is -2.38. The summed E-state index contributed by atoms with van der Waals surface area (Å²) in [6.07, 6.45) is 1.54. The molecule has 1 amide bonds. The topological polar surface area (TPSA) is 64.8 Å². The highest BCUT2D eigenvalue weighted by molar-refractivity contribution is 5.81. The summed E-state index contributed by atoms with van der Waals surface area (Å²) in [6.45, 7) is 5.81. The Morgan fingerprint density at radius 1 is 1.41 bits per heavy atom. The molecule has 0 aromatic carbocycles. The van der Waals surface area contributed by atoms with Crippen LogP contribution in [-0.4, -0.2) is 54.9 Å². The van der Waals surface area contributed by atoms with E-state index >= 15 is 0 Å². The number of nitrogens with zero attached hydrogens (tertiary/aromatic N) is 1. The molecule has 17 heavy (non-hydrogen) atoms. The van der Waals surface area contributed by atoms with Crippen LogP contribution in [0.2, 0.25) is 0 Å². The zero-order valence-electron chi connectivity index (χ0n) is 10.6. The van der Waals surface area contributed by atoms with Crippen molar-refractivity contribution in [2.75, 3.05) is 19.7 Å². The van der Waals surface area contributed by atoms with Crippen molar-refractivity contribution in [2.45, 2.75) is 51.0 Å². The van der Waals surface area contributed by atoms with Crippen molar-refractivity contribution in [3.8, 4) is 0 Å². The molecular weight excluding hydrogens is 220 g/mol. The molecule has 0 radical (unpaired) electrons. The molecule has 2 rings (SSSR count). The molecule has 0 aliphatic carbocycles. The van der Waals surface area contributed by atoms with E-state index in [1.165, 1.54) is 0 Å². The maximum absolute atomic E-state index is 12.3. The third kappa shape index (κ3) is 2.61. The molecule has 0 aromatic rings. The minimum atomic E-state index is -0.295. The summed E-state index contributed by atoms with van der Waals surface area (Å²) in [5.74, 6) is 0.101. The predicted molar refractivity (Wildman–Crippen MR) is 63.5 cm³/mol. The second-order valence-electron chi connectivity index (χ2n) is 4.91. The first-order valence-corrected chi connectivity index (χ1v) is 6.41. The Morgan fingerprint density at radius 3 is 2.82 bits per heavy atom. The SMILES string of the molecule is CC1OCCN(C(=O)[C@@H]2CC[C@H](CN)O2)C1C. The molecule has 0 aromatic heterocycles. The summed E-state index contributed by atoms with van der Waals surface area (Å²) in [7, 11) is 0. The van der Waals surface area contributed by atoms with Gasteiger partial charge < -0.3 is 20.1 Å². The van der Waals surface area contributed by atoms with Gasteiger partial charge in [-0.1, -0.05) is 0 Å². The molecule has 2 aliphatic rings. The number of morpholine rings is 1. The molecule has 5 nitrogen and oxygen atoms in total. The van der Waals surface area contributed by atoms with Crippen molar-refractivity contribution in [3.63, 3.8) is 0 Å². The van der Waals surface area contributed by atoms with Crippen LogP contribution in [0.15, 0.2) is 0 Å². The number of nitrogens with two attached hydrogens (primary N) is 1. The quantitative estimate of drug-likeness (QED) is 0.747. The minimum Gasteiger partial charge on any atom is -0.375 e. The molecule has 2 unspecified atom stereocenters. The second kappa shape index (κ2) is 5.33. The Kier molecular flexibility index (Phi) is 4.01. The summed E-state index contributed by atoms with van der Waals surface area (Å²) in [4.78, 5) is 14.2. The zero-order valence-corrected chi connectivity index (χ0v) is 10.6. The van der Waals surface area contributed by atoms with Gasteiger partial charge in [-0.3, -0.25) is 4.79 Å². The van der Waals surface area contributed by atoms with Crippen LogP contribution in [0, 0.1) is 0 Å². The Bertz CT molecular complexity index is 285. The van der Waals surface area contributed by atoms with Crippen LogP contribution in [0.4, 0.5) is 0 Å². The third-order valence-corrected chi connectivity index (χ3v) is 3.81. The van der Waals surface area contributed by atoms with E-state index in [2.05, 4.69) is 0 Å². The van der Waals surface area contributed by atoms with Gasteiger partial charge in [0.15, 0.2) is 0 Å². The summed E-state index contributed by atoms with van der Waals surface area (Å²) in [5, 5.41) is 0. The first-order valence-electron chi connectivity index (χ1n) is 6.41. The zero-order chi connectivity index (χ0) is 12.4. The van der Waals surface area contributed by atoms with Gasteiger partial charge in [-0.25, -0.2) is 0 Å². The van der Waals surface area contributed by atoms with E-state index in [-0.39, 0.29) is 30.3 Å². The Labute approximate surface area is 102 Å². The molecule has 0 spiro atoms. The maximum atomic E-state index is 12.3. The maximum Gasteiger partial charge on any atom is 0.252 e. The van der Waals surface area contributed by atoms with Gasteiger partial charge in [0.1, 0.15) is 6.10 Å². The predicted octanol–water partition coefficient (Wildman–Crippen LogP) is 0.129. The van der Waals surface area contributed by atoms with Crippen LogP contribution in [0.3, 0.4) is 0 Å². The fraction of sp³-hybridized carbons (Fsp3) is 0.917. The smallest absolute Gasteiger partial charge is 0.252 e. The monoisotopic (exact) mass is 242 g/mol. The van der Waals surface area contributed by atoms with Crippen molar-refractivity contribution in [2.24, 2.45) is 5.73 Å². The fourth-order valence-electron chi connectivity index (χ4n) is 2.49. The number of rotatable bonds is 2. The number of carbonyl (C=O) groups is 1. The summed E-state index contributed by atoms with van der Waals surface area (Å²) in [5.41, 5.74) is 5.55. The minimum absolute atomic E-state index is 0.0534. The van der Waals surface area contributed by atoms with E-state index < -0.39 is 0 Å². The van der Waals surface area contributed by atoms with Gasteiger partial charge >= 0.3 is 0 Å². The van der Waals surface area contributed by atoms with Crippen molar-refractivity contribution in [1.29, 1.82) is 0 Å². The molecule has 5 heteroatoms. The van der Waals surface area contributed by atoms with Gasteiger partial charge in [0, 0.05) is 13.1 Å². The molecule has 2 N–H and O–H groups in total. The molecule has 4 atom stereocenters. The van der Waals surface area contributed by atoms with Gasteiger partial charge in [0.25, 0.3) is 5.91 Å². The van der Waals surface area contributed by atoms with Crippen LogP contribution in [0.5, 0.6) is 0 Å². The molecule has 2 saturated heterocycles. The highest BCUT2D eigenvalue weighted by Crippen LogP contribution is 2.23. The first kappa shape index (κ1) is 12.8. The van der Waals surface area contributed by atoms with E-state index in [4.69, 9.17) is 15.2 Å². The second-order valence-corrected chi connectivity index (χ2v) is 4.91. The molecule has 2 aliphatic heterocycles. The van der Waals surface area contributed by atoms with Crippen LogP contribution in [0.1, 0.15) is 26.7 Å². The summed E-state index contributed by atoms with van der Waals surface area (Å²) in [6, 6.07) is 0.122. The molecule has 0 bridgehead atoms. The Hall–Kier alpha value is -0.650. The molecule has 2 heterocycles. The average molecular weight is 242 g/mol. The van der Waals surface area contributed by atoms with Gasteiger partial charge in [0.2, 0.25) is 0 Å². The van der Waals surface area contributed by atoms with E-state index in [1.54, 1.807) is 0 Å². The number of hydrogen-bond acceptors (Lipinski definition) is 4. The number of carbonyl (C=O) groups excluding carboxylic acids is 1. The molecular formula is C12H22N2O3. The summed E-state index contributed by atoms with van der Waals surface area (Å²) >= 11 is 0. The summed E-state index contributed by atoms with van der Waals surface area (Å²) < 4.78 is 11.2. The lowest BCUT2D eigenvalue weighted by atomic mass is 10.1. The number of ether oxygens (including phenoxy) is 2. The van der Waals surface area contributed by atoms with Crippen LogP contribution >= 0.6 is 0 Å². The lowest BCUT2D eigenvalue weighted by Crippen LogP contribution is -2.54. The fourth-order valence-corrected chi connectivity index (χ4v) is 2.49. The van der Waals surface area contributed by atoms with E-state index in [0.29, 0.717) is 19.7 Å². The van der Waals surface area contributed by atoms with E-state index in [9.17, 15) is 4.79 Å². The Balaban J connectivity index is 1.95. The van der Waals surface area contributed by atoms with Crippen molar-refractivity contribution < 1.29 is 14.3 Å². The van der Waals surface area contributed by atoms with E-state index in [1.807, 2.05) is 18.7 Å². The van der Waals surface area contributed by atoms with E-state index in [0.717, 1.165) is 12.8 Å². The standard InChI is InChI=1S/C12H22N2O3/c1-8-9(2)16-6-5-14(8)12(15)11-4-3-10(7-13)17-11/h8-11H,3-7,13H2,1-2H3/t8?,9?,10-,11+/m1/s1. The van der Waals surface area contributed by atoms with Crippen LogP contribution < -0.4 is 5.73 Å². The highest BCUT2D eigenvalue weighted by atomic mass is 16.5. The number of amides is 1. The van der Waals surface area contributed by atoms with Gasteiger partial charge in [-0.05, 0) is 26.7 Å². The number of hydrogen-bond donors (Lipinski definition) is 1. The average Bonchev–Trinajstić information content (AvgIpc) is 2.80. The van der Waals surface area contributed by atoms with Crippen LogP contribution in [0.25, 0.3) is 0 Å². The van der Waals surface area contributed by atoms with Gasteiger partial charge in [-0.2, -0.15) is 0 Å².